The number of hydrogen-bond donors (Lipinski definition) is 2. The van der Waals surface area contributed by atoms with Crippen LogP contribution in [-0.2, 0) is 35.5 Å². The number of amides is 1. The second-order valence-corrected chi connectivity index (χ2v) is 9.34. The van der Waals surface area contributed by atoms with Crippen LogP contribution in [0.1, 0.15) is 0 Å². The molecule has 12 nitrogen and oxygen atoms in total. The van der Waals surface area contributed by atoms with Crippen molar-refractivity contribution in [2.75, 3.05) is 10.0 Å². The maximum atomic E-state index is 12.5. The molecule has 0 saturated heterocycles. The number of imidazole rings is 1. The number of benzene rings is 1. The van der Waals surface area contributed by atoms with E-state index in [-0.39, 0.29) is 27.7 Å². The first-order valence-electron chi connectivity index (χ1n) is 9.10. The summed E-state index contributed by atoms with van der Waals surface area (Å²) >= 11 is 1.15. The molecule has 3 heterocycles. The van der Waals surface area contributed by atoms with Gasteiger partial charge in [0.25, 0.3) is 15.6 Å². The van der Waals surface area contributed by atoms with Gasteiger partial charge in [-0.1, -0.05) is 0 Å². The number of sulfonamides is 1. The minimum atomic E-state index is -3.80. The average Bonchev–Trinajstić information content (AvgIpc) is 3.40. The molecular formula is C18H17N7O5S2. The second-order valence-electron chi connectivity index (χ2n) is 6.77. The molecule has 0 atom stereocenters. The summed E-state index contributed by atoms with van der Waals surface area (Å²) in [5.74, 6) is -0.461. The topological polar surface area (TPSA) is 150 Å². The molecule has 32 heavy (non-hydrogen) atoms. The number of hydrogen-bond acceptors (Lipinski definition) is 8. The van der Waals surface area contributed by atoms with Gasteiger partial charge < -0.3 is 9.88 Å². The number of thiazole rings is 1. The molecule has 1 amide bonds. The standard InChI is InChI=1S/C18H17N7O5S2/c1-23-15-14(16(27)24(2)18(23)28)25(10-20-15)9-13(26)21-11-3-5-12(6-4-11)32(29,30)22-17-19-7-8-31-17/h3-8,10H,9H2,1-2H3,(H,19,22)(H,21,26). The van der Waals surface area contributed by atoms with Gasteiger partial charge in [-0.3, -0.25) is 23.4 Å². The number of rotatable bonds is 6. The summed E-state index contributed by atoms with van der Waals surface area (Å²) in [4.78, 5) is 44.9. The van der Waals surface area contributed by atoms with E-state index in [4.69, 9.17) is 0 Å². The van der Waals surface area contributed by atoms with Crippen LogP contribution in [0.5, 0.6) is 0 Å². The molecule has 0 aliphatic heterocycles. The Balaban J connectivity index is 1.51. The van der Waals surface area contributed by atoms with Gasteiger partial charge in [0.2, 0.25) is 5.91 Å². The van der Waals surface area contributed by atoms with Gasteiger partial charge in [-0.2, -0.15) is 0 Å². The minimum absolute atomic E-state index is 0.00992. The fourth-order valence-electron chi connectivity index (χ4n) is 3.04. The predicted molar refractivity (Wildman–Crippen MR) is 118 cm³/mol. The Morgan fingerprint density at radius 3 is 2.47 bits per heavy atom. The van der Waals surface area contributed by atoms with Crippen molar-refractivity contribution < 1.29 is 13.2 Å². The van der Waals surface area contributed by atoms with Crippen LogP contribution in [0, 0.1) is 0 Å². The van der Waals surface area contributed by atoms with E-state index in [2.05, 4.69) is 20.0 Å². The molecule has 0 unspecified atom stereocenters. The van der Waals surface area contributed by atoms with Gasteiger partial charge in [0.15, 0.2) is 16.3 Å². The molecule has 0 saturated carbocycles. The molecule has 4 rings (SSSR count). The van der Waals surface area contributed by atoms with Crippen LogP contribution in [0.3, 0.4) is 0 Å². The molecule has 0 spiro atoms. The number of aromatic nitrogens is 5. The first kappa shape index (κ1) is 21.5. The van der Waals surface area contributed by atoms with E-state index in [9.17, 15) is 22.8 Å². The monoisotopic (exact) mass is 475 g/mol. The Kier molecular flexibility index (Phi) is 5.40. The van der Waals surface area contributed by atoms with Crippen LogP contribution in [0.25, 0.3) is 11.2 Å². The van der Waals surface area contributed by atoms with Crippen LogP contribution in [0.2, 0.25) is 0 Å². The predicted octanol–water partition coefficient (Wildman–Crippen LogP) is 0.330. The van der Waals surface area contributed by atoms with E-state index < -0.39 is 27.2 Å². The summed E-state index contributed by atoms with van der Waals surface area (Å²) in [6.45, 7) is -0.227. The second kappa shape index (κ2) is 8.05. The molecule has 2 N–H and O–H groups in total. The van der Waals surface area contributed by atoms with Crippen LogP contribution in [0.15, 0.2) is 56.7 Å². The van der Waals surface area contributed by atoms with Crippen molar-refractivity contribution >= 4 is 49.3 Å². The van der Waals surface area contributed by atoms with Crippen molar-refractivity contribution in [2.45, 2.75) is 11.4 Å². The summed E-state index contributed by atoms with van der Waals surface area (Å²) in [6.07, 6.45) is 2.80. The van der Waals surface area contributed by atoms with Crippen molar-refractivity contribution in [1.29, 1.82) is 0 Å². The molecular weight excluding hydrogens is 458 g/mol. The number of aryl methyl sites for hydroxylation is 1. The van der Waals surface area contributed by atoms with E-state index in [0.717, 1.165) is 15.9 Å². The smallest absolute Gasteiger partial charge is 0.325 e. The minimum Gasteiger partial charge on any atom is -0.325 e. The first-order chi connectivity index (χ1) is 15.2. The number of carbonyl (C=O) groups excluding carboxylic acids is 1. The van der Waals surface area contributed by atoms with Gasteiger partial charge in [-0.15, -0.1) is 11.3 Å². The van der Waals surface area contributed by atoms with E-state index in [1.165, 1.54) is 60.0 Å². The number of fused-ring (bicyclic) bond motifs is 1. The first-order valence-corrected chi connectivity index (χ1v) is 11.5. The van der Waals surface area contributed by atoms with Crippen LogP contribution < -0.4 is 21.3 Å². The van der Waals surface area contributed by atoms with E-state index >= 15 is 0 Å². The van der Waals surface area contributed by atoms with Crippen molar-refractivity contribution in [2.24, 2.45) is 14.1 Å². The summed E-state index contributed by atoms with van der Waals surface area (Å²) in [6, 6.07) is 5.60. The van der Waals surface area contributed by atoms with Crippen molar-refractivity contribution in [1.82, 2.24) is 23.7 Å². The molecule has 0 aliphatic carbocycles. The Labute approximate surface area is 184 Å². The summed E-state index contributed by atoms with van der Waals surface area (Å²) in [5, 5.41) is 4.54. The third-order valence-electron chi connectivity index (χ3n) is 4.63. The number of nitrogens with zero attached hydrogens (tertiary/aromatic N) is 5. The Morgan fingerprint density at radius 1 is 1.09 bits per heavy atom. The highest BCUT2D eigenvalue weighted by atomic mass is 32.2. The van der Waals surface area contributed by atoms with Gasteiger partial charge in [0.05, 0.1) is 11.2 Å². The zero-order chi connectivity index (χ0) is 23.0. The molecule has 0 radical (unpaired) electrons. The lowest BCUT2D eigenvalue weighted by molar-refractivity contribution is -0.116. The summed E-state index contributed by atoms with van der Waals surface area (Å²) < 4.78 is 30.6. The maximum Gasteiger partial charge on any atom is 0.332 e. The maximum absolute atomic E-state index is 12.5. The SMILES string of the molecule is Cn1c(=O)c2c(ncn2CC(=O)Nc2ccc(S(=O)(=O)Nc3nccs3)cc2)n(C)c1=O. The highest BCUT2D eigenvalue weighted by Gasteiger charge is 2.17. The lowest BCUT2D eigenvalue weighted by atomic mass is 10.3. The van der Waals surface area contributed by atoms with Crippen molar-refractivity contribution in [3.8, 4) is 0 Å². The normalized spacial score (nSPS) is 11.6. The van der Waals surface area contributed by atoms with Gasteiger partial charge >= 0.3 is 5.69 Å². The third-order valence-corrected chi connectivity index (χ3v) is 6.81. The van der Waals surface area contributed by atoms with Crippen LogP contribution in [-0.4, -0.2) is 38.0 Å². The van der Waals surface area contributed by atoms with Crippen LogP contribution in [0.4, 0.5) is 10.8 Å². The van der Waals surface area contributed by atoms with Crippen molar-refractivity contribution in [3.05, 3.63) is 63.0 Å². The number of nitrogens with one attached hydrogen (secondary N) is 2. The Bertz CT molecular complexity index is 1530. The molecule has 4 aromatic rings. The highest BCUT2D eigenvalue weighted by molar-refractivity contribution is 7.93. The zero-order valence-electron chi connectivity index (χ0n) is 16.8. The molecule has 3 aromatic heterocycles. The average molecular weight is 476 g/mol. The van der Waals surface area contributed by atoms with Crippen LogP contribution >= 0.6 is 11.3 Å². The summed E-state index contributed by atoms with van der Waals surface area (Å²) in [7, 11) is -0.968. The van der Waals surface area contributed by atoms with Gasteiger partial charge in [0.1, 0.15) is 6.54 Å². The highest BCUT2D eigenvalue weighted by Crippen LogP contribution is 2.19. The fourth-order valence-corrected chi connectivity index (χ4v) is 4.83. The molecule has 0 aliphatic rings. The molecule has 0 bridgehead atoms. The fraction of sp³-hybridized carbons (Fsp3) is 0.167. The largest absolute Gasteiger partial charge is 0.332 e. The lowest BCUT2D eigenvalue weighted by Crippen LogP contribution is -2.37. The van der Waals surface area contributed by atoms with E-state index in [1.54, 1.807) is 5.38 Å². The van der Waals surface area contributed by atoms with Gasteiger partial charge in [0, 0.05) is 31.4 Å². The Hall–Kier alpha value is -3.78. The van der Waals surface area contributed by atoms with Gasteiger partial charge in [-0.25, -0.2) is 23.2 Å². The summed E-state index contributed by atoms with van der Waals surface area (Å²) in [5.41, 5.74) is -0.409. The molecule has 166 valence electrons. The zero-order valence-corrected chi connectivity index (χ0v) is 18.5. The quantitative estimate of drug-likeness (QED) is 0.408. The van der Waals surface area contributed by atoms with E-state index in [0.29, 0.717) is 5.69 Å². The Morgan fingerprint density at radius 2 is 1.81 bits per heavy atom. The molecule has 1 aromatic carbocycles. The van der Waals surface area contributed by atoms with E-state index in [1.807, 2.05) is 0 Å². The third kappa shape index (κ3) is 3.92. The number of carbonyl (C=O) groups is 1. The van der Waals surface area contributed by atoms with Crippen molar-refractivity contribution in [3.63, 3.8) is 0 Å². The molecule has 0 fully saturated rings. The van der Waals surface area contributed by atoms with Gasteiger partial charge in [-0.05, 0) is 24.3 Å². The molecule has 14 heteroatoms. The number of anilines is 2. The lowest BCUT2D eigenvalue weighted by Gasteiger charge is -2.09.